The molecule has 4 atom stereocenters. The average Bonchev–Trinajstić information content (AvgIpc) is 2.76. The van der Waals surface area contributed by atoms with Crippen LogP contribution in [0.3, 0.4) is 0 Å². The van der Waals surface area contributed by atoms with Crippen LogP contribution in [-0.4, -0.2) is 24.0 Å². The van der Waals surface area contributed by atoms with E-state index in [0.717, 1.165) is 17.5 Å². The summed E-state index contributed by atoms with van der Waals surface area (Å²) in [6.45, 7) is 1.98. The zero-order chi connectivity index (χ0) is 21.1. The van der Waals surface area contributed by atoms with Crippen LogP contribution in [0.2, 0.25) is 5.02 Å². The Bertz CT molecular complexity index is 960. The van der Waals surface area contributed by atoms with E-state index in [9.17, 15) is 9.59 Å². The molecular formula is C24H25ClN2O3. The number of carbonyl (C=O) groups excluding carboxylic acids is 2. The summed E-state index contributed by atoms with van der Waals surface area (Å²) in [6, 6.07) is 17.0. The second-order valence-corrected chi connectivity index (χ2v) is 8.32. The van der Waals surface area contributed by atoms with Crippen LogP contribution in [-0.2, 0) is 14.3 Å². The molecule has 2 aliphatic rings. The van der Waals surface area contributed by atoms with Crippen molar-refractivity contribution >= 4 is 29.5 Å². The second kappa shape index (κ2) is 8.92. The fraction of sp³-hybridized carbons (Fsp3) is 0.333. The normalized spacial score (nSPS) is 25.6. The summed E-state index contributed by atoms with van der Waals surface area (Å²) in [4.78, 5) is 25.3. The van der Waals surface area contributed by atoms with Crippen LogP contribution in [0.4, 0.5) is 0 Å². The molecule has 5 nitrogen and oxygen atoms in total. The second-order valence-electron chi connectivity index (χ2n) is 7.92. The zero-order valence-electron chi connectivity index (χ0n) is 16.8. The monoisotopic (exact) mass is 424 g/mol. The number of hydrogen-bond acceptors (Lipinski definition) is 3. The van der Waals surface area contributed by atoms with Gasteiger partial charge in [0, 0.05) is 10.9 Å². The Hall–Kier alpha value is -2.79. The molecule has 2 aromatic rings. The maximum atomic E-state index is 12.8. The minimum Gasteiger partial charge on any atom is -0.483 e. The van der Waals surface area contributed by atoms with Crippen LogP contribution in [0.5, 0.6) is 0 Å². The molecule has 2 aromatic carbocycles. The first-order chi connectivity index (χ1) is 14.5. The molecule has 6 heteroatoms. The summed E-state index contributed by atoms with van der Waals surface area (Å²) in [5.74, 6) is -0.119. The molecule has 30 heavy (non-hydrogen) atoms. The Labute approximate surface area is 181 Å². The van der Waals surface area contributed by atoms with E-state index in [2.05, 4.69) is 10.6 Å². The number of rotatable bonds is 4. The van der Waals surface area contributed by atoms with Crippen molar-refractivity contribution in [3.8, 4) is 0 Å². The average molecular weight is 425 g/mol. The fourth-order valence-corrected chi connectivity index (χ4v) is 4.31. The van der Waals surface area contributed by atoms with Gasteiger partial charge in [-0.3, -0.25) is 9.59 Å². The molecule has 4 unspecified atom stereocenters. The Balaban J connectivity index is 1.38. The van der Waals surface area contributed by atoms with E-state index in [1.807, 2.05) is 55.5 Å². The molecule has 0 bridgehead atoms. The third-order valence-electron chi connectivity index (χ3n) is 5.83. The first kappa shape index (κ1) is 20.5. The molecule has 1 heterocycles. The van der Waals surface area contributed by atoms with Crippen molar-refractivity contribution in [3.05, 3.63) is 76.5 Å². The molecule has 2 N–H and O–H groups in total. The summed E-state index contributed by atoms with van der Waals surface area (Å²) in [6.07, 6.45) is 3.55. The van der Waals surface area contributed by atoms with Crippen molar-refractivity contribution in [2.75, 3.05) is 0 Å². The summed E-state index contributed by atoms with van der Waals surface area (Å²) in [5.41, 5.74) is 1.81. The molecule has 1 aliphatic carbocycles. The van der Waals surface area contributed by atoms with Crippen molar-refractivity contribution in [3.63, 3.8) is 0 Å². The van der Waals surface area contributed by atoms with E-state index in [1.165, 1.54) is 0 Å². The van der Waals surface area contributed by atoms with E-state index < -0.39 is 0 Å². The van der Waals surface area contributed by atoms with Crippen LogP contribution < -0.4 is 10.6 Å². The predicted octanol–water partition coefficient (Wildman–Crippen LogP) is 4.24. The molecular weight excluding hydrogens is 400 g/mol. The molecule has 4 rings (SSSR count). The van der Waals surface area contributed by atoms with Gasteiger partial charge in [-0.05, 0) is 49.5 Å². The minimum atomic E-state index is -0.269. The molecule has 0 aromatic heterocycles. The van der Waals surface area contributed by atoms with Crippen LogP contribution in [0.15, 0.2) is 60.4 Å². The van der Waals surface area contributed by atoms with Crippen molar-refractivity contribution in [1.82, 2.24) is 10.6 Å². The van der Waals surface area contributed by atoms with Crippen LogP contribution >= 0.6 is 11.6 Å². The lowest BCUT2D eigenvalue weighted by Gasteiger charge is -2.40. The number of halogens is 1. The highest BCUT2D eigenvalue weighted by molar-refractivity contribution is 6.32. The van der Waals surface area contributed by atoms with E-state index >= 15 is 0 Å². The van der Waals surface area contributed by atoms with E-state index in [0.29, 0.717) is 17.9 Å². The Morgan fingerprint density at radius 1 is 1.17 bits per heavy atom. The number of morpholine rings is 1. The van der Waals surface area contributed by atoms with E-state index in [4.69, 9.17) is 16.3 Å². The van der Waals surface area contributed by atoms with Gasteiger partial charge < -0.3 is 15.4 Å². The molecule has 1 saturated carbocycles. The Morgan fingerprint density at radius 2 is 1.90 bits per heavy atom. The molecule has 0 spiro atoms. The van der Waals surface area contributed by atoms with Gasteiger partial charge in [-0.1, -0.05) is 60.1 Å². The minimum absolute atomic E-state index is 0.0245. The molecule has 2 fully saturated rings. The van der Waals surface area contributed by atoms with Gasteiger partial charge in [0.05, 0.1) is 12.1 Å². The first-order valence-corrected chi connectivity index (χ1v) is 10.7. The summed E-state index contributed by atoms with van der Waals surface area (Å²) in [5, 5.41) is 6.69. The third kappa shape index (κ3) is 4.51. The van der Waals surface area contributed by atoms with Crippen molar-refractivity contribution in [2.45, 2.75) is 44.4 Å². The van der Waals surface area contributed by atoms with Crippen LogP contribution in [0.1, 0.15) is 43.4 Å². The van der Waals surface area contributed by atoms with Crippen LogP contribution in [0, 0.1) is 5.92 Å². The first-order valence-electron chi connectivity index (χ1n) is 10.3. The van der Waals surface area contributed by atoms with E-state index in [-0.39, 0.29) is 41.7 Å². The number of ether oxygens (including phenoxy) is 1. The van der Waals surface area contributed by atoms with Gasteiger partial charge in [0.2, 0.25) is 5.91 Å². The van der Waals surface area contributed by atoms with Crippen molar-refractivity contribution in [1.29, 1.82) is 0 Å². The van der Waals surface area contributed by atoms with Gasteiger partial charge in [0.25, 0.3) is 5.91 Å². The third-order valence-corrected chi connectivity index (χ3v) is 6.17. The number of nitrogens with one attached hydrogen (secondary N) is 2. The molecule has 2 amide bonds. The van der Waals surface area contributed by atoms with Gasteiger partial charge in [-0.25, -0.2) is 0 Å². The number of hydrogen-bond donors (Lipinski definition) is 2. The lowest BCUT2D eigenvalue weighted by Crippen LogP contribution is -2.54. The topological polar surface area (TPSA) is 67.4 Å². The largest absolute Gasteiger partial charge is 0.483 e. The Kier molecular flexibility index (Phi) is 6.09. The SMILES string of the molecule is CC(NC(=O)C1CCC2O/C(=C\c3ccccc3Cl)C(=O)NC2C1)c1ccccc1. The number of fused-ring (bicyclic) bond motifs is 1. The number of amides is 2. The Morgan fingerprint density at radius 3 is 2.67 bits per heavy atom. The van der Waals surface area contributed by atoms with Gasteiger partial charge in [-0.2, -0.15) is 0 Å². The smallest absolute Gasteiger partial charge is 0.286 e. The highest BCUT2D eigenvalue weighted by atomic mass is 35.5. The number of benzene rings is 2. The van der Waals surface area contributed by atoms with Gasteiger partial charge in [0.1, 0.15) is 6.10 Å². The summed E-state index contributed by atoms with van der Waals surface area (Å²) < 4.78 is 6.00. The van der Waals surface area contributed by atoms with E-state index in [1.54, 1.807) is 12.1 Å². The lowest BCUT2D eigenvalue weighted by molar-refractivity contribution is -0.135. The highest BCUT2D eigenvalue weighted by Crippen LogP contribution is 2.32. The predicted molar refractivity (Wildman–Crippen MR) is 117 cm³/mol. The zero-order valence-corrected chi connectivity index (χ0v) is 17.6. The highest BCUT2D eigenvalue weighted by Gasteiger charge is 2.40. The van der Waals surface area contributed by atoms with Crippen LogP contribution in [0.25, 0.3) is 6.08 Å². The summed E-state index contributed by atoms with van der Waals surface area (Å²) >= 11 is 6.19. The fourth-order valence-electron chi connectivity index (χ4n) is 4.12. The quantitative estimate of drug-likeness (QED) is 0.721. The van der Waals surface area contributed by atoms with Crippen molar-refractivity contribution < 1.29 is 14.3 Å². The maximum Gasteiger partial charge on any atom is 0.286 e. The molecule has 0 radical (unpaired) electrons. The molecule has 1 aliphatic heterocycles. The number of carbonyl (C=O) groups is 2. The standard InChI is InChI=1S/C24H25ClN2O3/c1-15(16-7-3-2-4-8-16)26-23(28)18-11-12-21-20(13-18)27-24(29)22(30-21)14-17-9-5-6-10-19(17)25/h2-10,14-15,18,20-21H,11-13H2,1H3,(H,26,28)(H,27,29)/b22-14-. The molecule has 156 valence electrons. The lowest BCUT2D eigenvalue weighted by atomic mass is 9.82. The van der Waals surface area contributed by atoms with Gasteiger partial charge in [0.15, 0.2) is 5.76 Å². The van der Waals surface area contributed by atoms with Gasteiger partial charge in [-0.15, -0.1) is 0 Å². The summed E-state index contributed by atoms with van der Waals surface area (Å²) in [7, 11) is 0. The van der Waals surface area contributed by atoms with Gasteiger partial charge >= 0.3 is 0 Å². The van der Waals surface area contributed by atoms with Crippen molar-refractivity contribution in [2.24, 2.45) is 5.92 Å². The molecule has 1 saturated heterocycles. The maximum absolute atomic E-state index is 12.8.